The molecular formula is C23H30N4O2S. The maximum absolute atomic E-state index is 11.8. The molecule has 3 N–H and O–H groups in total. The van der Waals surface area contributed by atoms with Crippen molar-refractivity contribution in [1.29, 1.82) is 0 Å². The highest BCUT2D eigenvalue weighted by Crippen LogP contribution is 2.21. The third-order valence-corrected chi connectivity index (χ3v) is 5.60. The molecule has 160 valence electrons. The molecule has 6 nitrogen and oxygen atoms in total. The average Bonchev–Trinajstić information content (AvgIpc) is 3.57. The van der Waals surface area contributed by atoms with Gasteiger partial charge in [0.15, 0.2) is 12.6 Å². The minimum Gasteiger partial charge on any atom is -0.484 e. The van der Waals surface area contributed by atoms with Gasteiger partial charge in [-0.15, -0.1) is 11.8 Å². The van der Waals surface area contributed by atoms with Gasteiger partial charge in [-0.2, -0.15) is 0 Å². The highest BCUT2D eigenvalue weighted by atomic mass is 32.2. The number of nitrogens with zero attached hydrogens (tertiary/aromatic N) is 1. The van der Waals surface area contributed by atoms with Crippen LogP contribution in [-0.2, 0) is 17.9 Å². The molecular weight excluding hydrogens is 396 g/mol. The highest BCUT2D eigenvalue weighted by Gasteiger charge is 2.23. The molecule has 0 heterocycles. The molecule has 2 aromatic rings. The van der Waals surface area contributed by atoms with Gasteiger partial charge < -0.3 is 20.7 Å². The first-order chi connectivity index (χ1) is 14.6. The van der Waals surface area contributed by atoms with Gasteiger partial charge in [0.05, 0.1) is 0 Å². The van der Waals surface area contributed by atoms with Gasteiger partial charge in [-0.25, -0.2) is 0 Å². The molecule has 0 spiro atoms. The predicted molar refractivity (Wildman–Crippen MR) is 123 cm³/mol. The second kappa shape index (κ2) is 10.9. The van der Waals surface area contributed by atoms with Gasteiger partial charge in [-0.05, 0) is 60.9 Å². The molecule has 1 aliphatic rings. The lowest BCUT2D eigenvalue weighted by molar-refractivity contribution is -0.123. The van der Waals surface area contributed by atoms with Crippen LogP contribution in [0.3, 0.4) is 0 Å². The largest absolute Gasteiger partial charge is 0.484 e. The van der Waals surface area contributed by atoms with Crippen LogP contribution in [-0.4, -0.2) is 37.8 Å². The summed E-state index contributed by atoms with van der Waals surface area (Å²) in [5.74, 6) is 1.36. The number of guanidine groups is 1. The van der Waals surface area contributed by atoms with Crippen LogP contribution in [0.4, 0.5) is 0 Å². The van der Waals surface area contributed by atoms with Crippen LogP contribution in [0, 0.1) is 6.92 Å². The lowest BCUT2D eigenvalue weighted by Gasteiger charge is -2.14. The molecule has 0 aromatic heterocycles. The Hall–Kier alpha value is -2.67. The molecule has 0 unspecified atom stereocenters. The maximum atomic E-state index is 11.8. The minimum atomic E-state index is -0.0636. The number of ether oxygens (including phenoxy) is 1. The Morgan fingerprint density at radius 1 is 1.17 bits per heavy atom. The predicted octanol–water partition coefficient (Wildman–Crippen LogP) is 3.24. The molecule has 3 rings (SSSR count). The topological polar surface area (TPSA) is 74.8 Å². The maximum Gasteiger partial charge on any atom is 0.258 e. The van der Waals surface area contributed by atoms with E-state index in [2.05, 4.69) is 52.3 Å². The number of benzene rings is 2. The summed E-state index contributed by atoms with van der Waals surface area (Å²) in [6.07, 6.45) is 4.24. The van der Waals surface area contributed by atoms with Crippen LogP contribution in [0.25, 0.3) is 0 Å². The first-order valence-electron chi connectivity index (χ1n) is 10.2. The summed E-state index contributed by atoms with van der Waals surface area (Å²) in [6.45, 7) is 3.46. The quantitative estimate of drug-likeness (QED) is 0.326. The SMILES string of the molecule is CN=C(NCc1cccc(OCC(=O)NC2CC2)c1)NCc1ccc(C)cc1SC. The molecule has 0 radical (unpaired) electrons. The fourth-order valence-corrected chi connectivity index (χ4v) is 3.68. The zero-order chi connectivity index (χ0) is 21.3. The van der Waals surface area contributed by atoms with E-state index in [0.29, 0.717) is 24.9 Å². The zero-order valence-electron chi connectivity index (χ0n) is 17.8. The van der Waals surface area contributed by atoms with Crippen molar-refractivity contribution < 1.29 is 9.53 Å². The summed E-state index contributed by atoms with van der Waals surface area (Å²) >= 11 is 1.75. The van der Waals surface area contributed by atoms with E-state index in [-0.39, 0.29) is 12.5 Å². The van der Waals surface area contributed by atoms with Gasteiger partial charge in [0.2, 0.25) is 0 Å². The van der Waals surface area contributed by atoms with Crippen LogP contribution >= 0.6 is 11.8 Å². The molecule has 30 heavy (non-hydrogen) atoms. The number of aryl methyl sites for hydroxylation is 1. The number of hydrogen-bond donors (Lipinski definition) is 3. The monoisotopic (exact) mass is 426 g/mol. The van der Waals surface area contributed by atoms with Gasteiger partial charge in [-0.3, -0.25) is 9.79 Å². The molecule has 1 fully saturated rings. The standard InChI is InChI=1S/C23H30N4O2S/c1-16-7-8-18(21(11-16)30-3)14-26-23(24-2)25-13-17-5-4-6-20(12-17)29-15-22(28)27-19-9-10-19/h4-8,11-12,19H,9-10,13-15H2,1-3H3,(H,27,28)(H2,24,25,26). The first-order valence-corrected chi connectivity index (χ1v) is 11.4. The van der Waals surface area contributed by atoms with Crippen LogP contribution in [0.1, 0.15) is 29.5 Å². The third kappa shape index (κ3) is 6.99. The van der Waals surface area contributed by atoms with Crippen LogP contribution < -0.4 is 20.7 Å². The summed E-state index contributed by atoms with van der Waals surface area (Å²) in [6, 6.07) is 14.6. The number of carbonyl (C=O) groups excluding carboxylic acids is 1. The number of nitrogens with one attached hydrogen (secondary N) is 3. The lowest BCUT2D eigenvalue weighted by atomic mass is 10.1. The van der Waals surface area contributed by atoms with Crippen molar-refractivity contribution in [2.24, 2.45) is 4.99 Å². The summed E-state index contributed by atoms with van der Waals surface area (Å²) in [4.78, 5) is 17.4. The molecule has 0 saturated heterocycles. The van der Waals surface area contributed by atoms with Crippen LogP contribution in [0.2, 0.25) is 0 Å². The van der Waals surface area contributed by atoms with Gasteiger partial charge in [-0.1, -0.05) is 24.3 Å². The van der Waals surface area contributed by atoms with Crippen molar-refractivity contribution in [3.8, 4) is 5.75 Å². The second-order valence-electron chi connectivity index (χ2n) is 7.37. The number of amides is 1. The fourth-order valence-electron chi connectivity index (χ4n) is 2.97. The number of carbonyl (C=O) groups is 1. The summed E-state index contributed by atoms with van der Waals surface area (Å²) in [5.41, 5.74) is 3.56. The van der Waals surface area contributed by atoms with Crippen molar-refractivity contribution >= 4 is 23.6 Å². The van der Waals surface area contributed by atoms with Gasteiger partial charge in [0.1, 0.15) is 5.75 Å². The fraction of sp³-hybridized carbons (Fsp3) is 0.391. The minimum absolute atomic E-state index is 0.0466. The highest BCUT2D eigenvalue weighted by molar-refractivity contribution is 7.98. The van der Waals surface area contributed by atoms with Gasteiger partial charge in [0, 0.05) is 31.1 Å². The van der Waals surface area contributed by atoms with E-state index < -0.39 is 0 Å². The van der Waals surface area contributed by atoms with E-state index in [0.717, 1.165) is 24.4 Å². The smallest absolute Gasteiger partial charge is 0.258 e. The summed E-state index contributed by atoms with van der Waals surface area (Å²) < 4.78 is 5.62. The van der Waals surface area contributed by atoms with Gasteiger partial charge >= 0.3 is 0 Å². The third-order valence-electron chi connectivity index (χ3n) is 4.78. The Kier molecular flexibility index (Phi) is 8.02. The van der Waals surface area contributed by atoms with E-state index in [4.69, 9.17) is 4.74 Å². The van der Waals surface area contributed by atoms with E-state index in [1.165, 1.54) is 16.0 Å². The van der Waals surface area contributed by atoms with E-state index >= 15 is 0 Å². The molecule has 0 bridgehead atoms. The number of hydrogen-bond acceptors (Lipinski definition) is 4. The molecule has 1 saturated carbocycles. The van der Waals surface area contributed by atoms with Crippen molar-refractivity contribution in [3.05, 3.63) is 59.2 Å². The number of rotatable bonds is 9. The van der Waals surface area contributed by atoms with Crippen molar-refractivity contribution in [3.63, 3.8) is 0 Å². The van der Waals surface area contributed by atoms with Crippen molar-refractivity contribution in [2.75, 3.05) is 19.9 Å². The number of thioether (sulfide) groups is 1. The Morgan fingerprint density at radius 3 is 2.70 bits per heavy atom. The van der Waals surface area contributed by atoms with Crippen LogP contribution in [0.5, 0.6) is 5.75 Å². The zero-order valence-corrected chi connectivity index (χ0v) is 18.6. The Morgan fingerprint density at radius 2 is 1.97 bits per heavy atom. The van der Waals surface area contributed by atoms with Crippen molar-refractivity contribution in [1.82, 2.24) is 16.0 Å². The summed E-state index contributed by atoms with van der Waals surface area (Å²) in [5, 5.41) is 9.62. The van der Waals surface area contributed by atoms with Crippen molar-refractivity contribution in [2.45, 2.75) is 43.8 Å². The molecule has 1 amide bonds. The number of aliphatic imine (C=N–C) groups is 1. The van der Waals surface area contributed by atoms with E-state index in [9.17, 15) is 4.79 Å². The Bertz CT molecular complexity index is 897. The van der Waals surface area contributed by atoms with Crippen LogP contribution in [0.15, 0.2) is 52.4 Å². The normalized spacial score (nSPS) is 13.6. The van der Waals surface area contributed by atoms with Gasteiger partial charge in [0.25, 0.3) is 5.91 Å². The second-order valence-corrected chi connectivity index (χ2v) is 8.22. The Labute approximate surface area is 182 Å². The molecule has 1 aliphatic carbocycles. The van der Waals surface area contributed by atoms with E-state index in [1.54, 1.807) is 18.8 Å². The molecule has 0 aliphatic heterocycles. The molecule has 2 aromatic carbocycles. The van der Waals surface area contributed by atoms with E-state index in [1.807, 2.05) is 24.3 Å². The summed E-state index contributed by atoms with van der Waals surface area (Å²) in [7, 11) is 1.76. The average molecular weight is 427 g/mol. The Balaban J connectivity index is 1.48. The molecule has 0 atom stereocenters. The first kappa shape index (κ1) is 22.0. The molecule has 7 heteroatoms. The lowest BCUT2D eigenvalue weighted by Crippen LogP contribution is -2.36.